The predicted octanol–water partition coefficient (Wildman–Crippen LogP) is 6.06. The maximum absolute atomic E-state index is 12.7. The summed E-state index contributed by atoms with van der Waals surface area (Å²) in [6.45, 7) is 6.08. The molecule has 0 radical (unpaired) electrons. The predicted molar refractivity (Wildman–Crippen MR) is 126 cm³/mol. The third kappa shape index (κ3) is 5.14. The molecule has 5 heteroatoms. The van der Waals surface area contributed by atoms with Crippen LogP contribution in [-0.2, 0) is 0 Å². The van der Waals surface area contributed by atoms with Gasteiger partial charge in [-0.2, -0.15) is 0 Å². The van der Waals surface area contributed by atoms with Crippen molar-refractivity contribution < 1.29 is 4.79 Å². The van der Waals surface area contributed by atoms with Gasteiger partial charge in [-0.1, -0.05) is 42.0 Å². The second-order valence-electron chi connectivity index (χ2n) is 7.70. The molecule has 3 aromatic carbocycles. The van der Waals surface area contributed by atoms with Crippen molar-refractivity contribution in [2.24, 2.45) is 0 Å². The highest BCUT2D eigenvalue weighted by Gasteiger charge is 2.09. The minimum atomic E-state index is -0.163. The molecule has 0 aliphatic heterocycles. The summed E-state index contributed by atoms with van der Waals surface area (Å²) < 4.78 is 0. The summed E-state index contributed by atoms with van der Waals surface area (Å²) in [5, 5.41) is 6.13. The van der Waals surface area contributed by atoms with Gasteiger partial charge in [0.1, 0.15) is 0 Å². The molecule has 0 atom stereocenters. The topological polar surface area (TPSA) is 66.9 Å². The number of aromatic nitrogens is 2. The zero-order chi connectivity index (χ0) is 21.8. The molecule has 0 aliphatic rings. The van der Waals surface area contributed by atoms with Crippen molar-refractivity contribution in [1.29, 1.82) is 0 Å². The average molecular weight is 409 g/mol. The molecule has 4 aromatic rings. The quantitative estimate of drug-likeness (QED) is 0.421. The molecule has 4 rings (SSSR count). The van der Waals surface area contributed by atoms with Crippen LogP contribution < -0.4 is 10.6 Å². The lowest BCUT2D eigenvalue weighted by molar-refractivity contribution is 0.102. The number of aryl methyl sites for hydroxylation is 3. The van der Waals surface area contributed by atoms with E-state index >= 15 is 0 Å². The van der Waals surface area contributed by atoms with E-state index in [1.54, 1.807) is 24.5 Å². The van der Waals surface area contributed by atoms with Gasteiger partial charge >= 0.3 is 0 Å². The second-order valence-corrected chi connectivity index (χ2v) is 7.70. The molecule has 1 amide bonds. The van der Waals surface area contributed by atoms with E-state index < -0.39 is 0 Å². The molecule has 1 heterocycles. The molecule has 1 aromatic heterocycles. The van der Waals surface area contributed by atoms with E-state index in [4.69, 9.17) is 0 Å². The fourth-order valence-electron chi connectivity index (χ4n) is 3.41. The van der Waals surface area contributed by atoms with Gasteiger partial charge in [-0.3, -0.25) is 4.79 Å². The van der Waals surface area contributed by atoms with Crippen LogP contribution in [-0.4, -0.2) is 15.9 Å². The van der Waals surface area contributed by atoms with E-state index in [1.165, 1.54) is 5.56 Å². The minimum Gasteiger partial charge on any atom is -0.324 e. The van der Waals surface area contributed by atoms with Gasteiger partial charge < -0.3 is 10.6 Å². The molecule has 5 nitrogen and oxygen atoms in total. The summed E-state index contributed by atoms with van der Waals surface area (Å²) in [7, 11) is 0. The Morgan fingerprint density at radius 3 is 2.06 bits per heavy atom. The standard InChI is InChI=1S/C26H24N4O/c1-17-7-9-20(10-8-17)22-15-27-26(28-16-22)30-23-6-4-5-21(14-23)25(31)29-24-12-18(2)11-19(3)13-24/h4-16H,1-3H3,(H,29,31)(H,27,28,30). The number of hydrogen-bond donors (Lipinski definition) is 2. The zero-order valence-corrected chi connectivity index (χ0v) is 17.8. The van der Waals surface area contributed by atoms with Gasteiger partial charge in [0.2, 0.25) is 5.95 Å². The lowest BCUT2D eigenvalue weighted by atomic mass is 10.1. The van der Waals surface area contributed by atoms with Crippen molar-refractivity contribution >= 4 is 23.2 Å². The number of carbonyl (C=O) groups excluding carboxylic acids is 1. The van der Waals surface area contributed by atoms with Gasteiger partial charge in [0.15, 0.2) is 0 Å². The van der Waals surface area contributed by atoms with E-state index in [-0.39, 0.29) is 5.91 Å². The van der Waals surface area contributed by atoms with Crippen LogP contribution in [0.15, 0.2) is 79.1 Å². The van der Waals surface area contributed by atoms with Crippen molar-refractivity contribution in [1.82, 2.24) is 9.97 Å². The van der Waals surface area contributed by atoms with Gasteiger partial charge in [0, 0.05) is 34.9 Å². The normalized spacial score (nSPS) is 10.5. The Labute approximate surface area is 182 Å². The number of anilines is 3. The molecular weight excluding hydrogens is 384 g/mol. The van der Waals surface area contributed by atoms with Crippen LogP contribution in [0, 0.1) is 20.8 Å². The van der Waals surface area contributed by atoms with E-state index in [9.17, 15) is 4.79 Å². The highest BCUT2D eigenvalue weighted by Crippen LogP contribution is 2.21. The van der Waals surface area contributed by atoms with Crippen LogP contribution in [0.1, 0.15) is 27.0 Å². The third-order valence-corrected chi connectivity index (χ3v) is 4.90. The van der Waals surface area contributed by atoms with Crippen LogP contribution in [0.3, 0.4) is 0 Å². The number of nitrogens with zero attached hydrogens (tertiary/aromatic N) is 2. The molecular formula is C26H24N4O. The lowest BCUT2D eigenvalue weighted by Gasteiger charge is -2.10. The third-order valence-electron chi connectivity index (χ3n) is 4.90. The van der Waals surface area contributed by atoms with Crippen molar-refractivity contribution in [3.63, 3.8) is 0 Å². The first kappa shape index (κ1) is 20.3. The van der Waals surface area contributed by atoms with Crippen LogP contribution in [0.2, 0.25) is 0 Å². The Hall–Kier alpha value is -3.99. The second kappa shape index (κ2) is 8.79. The van der Waals surface area contributed by atoms with Gasteiger partial charge in [-0.25, -0.2) is 9.97 Å². The first-order valence-electron chi connectivity index (χ1n) is 10.1. The Kier molecular flexibility index (Phi) is 5.76. The molecule has 0 spiro atoms. The van der Waals surface area contributed by atoms with E-state index in [2.05, 4.69) is 57.9 Å². The van der Waals surface area contributed by atoms with Crippen LogP contribution in [0.5, 0.6) is 0 Å². The van der Waals surface area contributed by atoms with Crippen LogP contribution in [0.4, 0.5) is 17.3 Å². The molecule has 0 fully saturated rings. The van der Waals surface area contributed by atoms with Gasteiger partial charge in [-0.15, -0.1) is 0 Å². The number of carbonyl (C=O) groups is 1. The van der Waals surface area contributed by atoms with Gasteiger partial charge in [0.05, 0.1) is 0 Å². The smallest absolute Gasteiger partial charge is 0.255 e. The molecule has 0 unspecified atom stereocenters. The van der Waals surface area contributed by atoms with E-state index in [0.29, 0.717) is 11.5 Å². The molecule has 0 saturated heterocycles. The first-order valence-corrected chi connectivity index (χ1v) is 10.1. The fraction of sp³-hybridized carbons (Fsp3) is 0.115. The SMILES string of the molecule is Cc1ccc(-c2cnc(Nc3cccc(C(=O)Nc4cc(C)cc(C)c4)c3)nc2)cc1. The highest BCUT2D eigenvalue weighted by atomic mass is 16.1. The molecule has 0 aliphatic carbocycles. The van der Waals surface area contributed by atoms with Gasteiger partial charge in [-0.05, 0) is 67.8 Å². The molecule has 0 bridgehead atoms. The number of rotatable bonds is 5. The summed E-state index contributed by atoms with van der Waals surface area (Å²) in [5.41, 5.74) is 7.54. The molecule has 31 heavy (non-hydrogen) atoms. The summed E-state index contributed by atoms with van der Waals surface area (Å²) in [6.07, 6.45) is 3.58. The van der Waals surface area contributed by atoms with Crippen molar-refractivity contribution in [3.8, 4) is 11.1 Å². The summed E-state index contributed by atoms with van der Waals surface area (Å²) in [4.78, 5) is 21.5. The Balaban J connectivity index is 1.46. The number of hydrogen-bond acceptors (Lipinski definition) is 4. The largest absolute Gasteiger partial charge is 0.324 e. The van der Waals surface area contributed by atoms with Crippen molar-refractivity contribution in [2.45, 2.75) is 20.8 Å². The highest BCUT2D eigenvalue weighted by molar-refractivity contribution is 6.05. The Bertz CT molecular complexity index is 1190. The average Bonchev–Trinajstić information content (AvgIpc) is 2.74. The summed E-state index contributed by atoms with van der Waals surface area (Å²) in [5.74, 6) is 0.312. The van der Waals surface area contributed by atoms with E-state index in [0.717, 1.165) is 33.6 Å². The zero-order valence-electron chi connectivity index (χ0n) is 17.8. The minimum absolute atomic E-state index is 0.163. The molecule has 2 N–H and O–H groups in total. The fourth-order valence-corrected chi connectivity index (χ4v) is 3.41. The molecule has 154 valence electrons. The van der Waals surface area contributed by atoms with E-state index in [1.807, 2.05) is 38.1 Å². The number of amides is 1. The number of nitrogens with one attached hydrogen (secondary N) is 2. The lowest BCUT2D eigenvalue weighted by Crippen LogP contribution is -2.12. The maximum Gasteiger partial charge on any atom is 0.255 e. The first-order chi connectivity index (χ1) is 15.0. The maximum atomic E-state index is 12.7. The van der Waals surface area contributed by atoms with Crippen molar-refractivity contribution in [3.05, 3.63) is 101 Å². The Morgan fingerprint density at radius 2 is 1.39 bits per heavy atom. The monoisotopic (exact) mass is 408 g/mol. The van der Waals surface area contributed by atoms with Crippen LogP contribution >= 0.6 is 0 Å². The summed E-state index contributed by atoms with van der Waals surface area (Å²) in [6, 6.07) is 21.5. The van der Waals surface area contributed by atoms with Crippen LogP contribution in [0.25, 0.3) is 11.1 Å². The van der Waals surface area contributed by atoms with Gasteiger partial charge in [0.25, 0.3) is 5.91 Å². The number of benzene rings is 3. The Morgan fingerprint density at radius 1 is 0.710 bits per heavy atom. The summed E-state index contributed by atoms with van der Waals surface area (Å²) >= 11 is 0. The van der Waals surface area contributed by atoms with Crippen molar-refractivity contribution in [2.75, 3.05) is 10.6 Å². The molecule has 0 saturated carbocycles.